The van der Waals surface area contributed by atoms with Crippen molar-refractivity contribution in [1.82, 2.24) is 15.5 Å². The molecule has 2 aromatic rings. The van der Waals surface area contributed by atoms with Gasteiger partial charge in [0.15, 0.2) is 0 Å². The summed E-state index contributed by atoms with van der Waals surface area (Å²) in [5, 5.41) is 7.77. The Morgan fingerprint density at radius 1 is 1.28 bits per heavy atom. The predicted octanol–water partition coefficient (Wildman–Crippen LogP) is 1.82. The van der Waals surface area contributed by atoms with Crippen molar-refractivity contribution in [3.8, 4) is 0 Å². The molecule has 2 aliphatic rings. The zero-order valence-corrected chi connectivity index (χ0v) is 17.0. The molecule has 2 aliphatic heterocycles. The molecule has 0 bridgehead atoms. The first kappa shape index (κ1) is 19.9. The zero-order chi connectivity index (χ0) is 20.4. The van der Waals surface area contributed by atoms with Gasteiger partial charge in [-0.15, -0.1) is 11.3 Å². The van der Waals surface area contributed by atoms with Crippen molar-refractivity contribution < 1.29 is 19.1 Å². The van der Waals surface area contributed by atoms with Gasteiger partial charge in [0.2, 0.25) is 11.8 Å². The van der Waals surface area contributed by atoms with Gasteiger partial charge in [0.1, 0.15) is 17.0 Å². The summed E-state index contributed by atoms with van der Waals surface area (Å²) in [5.41, 5.74) is 0.996. The third kappa shape index (κ3) is 4.29. The van der Waals surface area contributed by atoms with E-state index in [9.17, 15) is 14.4 Å². The van der Waals surface area contributed by atoms with Gasteiger partial charge in [-0.25, -0.2) is 0 Å². The number of fused-ring (bicyclic) bond motifs is 1. The standard InChI is InChI=1S/C20H20ClN3O4S/c21-14-6-7-29-17(14)19(26)22-13-8-16-18(25)23-15(20(27)24(16)9-13)11-28-10-12-4-2-1-3-5-12/h1-7,13,15-16H,8-11H2,(H,22,26)(H,23,25)/t13-,15-,16-/m0/s1. The molecule has 1 aromatic heterocycles. The van der Waals surface area contributed by atoms with Crippen LogP contribution >= 0.6 is 22.9 Å². The number of hydrogen-bond acceptors (Lipinski definition) is 5. The van der Waals surface area contributed by atoms with Crippen molar-refractivity contribution in [2.24, 2.45) is 0 Å². The molecule has 3 amide bonds. The van der Waals surface area contributed by atoms with E-state index >= 15 is 0 Å². The van der Waals surface area contributed by atoms with Gasteiger partial charge >= 0.3 is 0 Å². The summed E-state index contributed by atoms with van der Waals surface area (Å²) < 4.78 is 5.63. The molecule has 7 nitrogen and oxygen atoms in total. The Morgan fingerprint density at radius 3 is 2.79 bits per heavy atom. The van der Waals surface area contributed by atoms with Gasteiger partial charge in [0.05, 0.1) is 18.2 Å². The van der Waals surface area contributed by atoms with Crippen LogP contribution in [-0.2, 0) is 20.9 Å². The second kappa shape index (κ2) is 8.52. The Kier molecular flexibility index (Phi) is 5.84. The molecule has 4 rings (SSSR count). The lowest BCUT2D eigenvalue weighted by molar-refractivity contribution is -0.148. The summed E-state index contributed by atoms with van der Waals surface area (Å²) in [6.45, 7) is 0.759. The Hall–Kier alpha value is -2.42. The topological polar surface area (TPSA) is 87.7 Å². The molecule has 0 spiro atoms. The highest BCUT2D eigenvalue weighted by atomic mass is 35.5. The molecule has 29 heavy (non-hydrogen) atoms. The number of ether oxygens (including phenoxy) is 1. The molecule has 2 fully saturated rings. The maximum absolute atomic E-state index is 12.8. The summed E-state index contributed by atoms with van der Waals surface area (Å²) in [7, 11) is 0. The van der Waals surface area contributed by atoms with Crippen LogP contribution in [0.4, 0.5) is 0 Å². The zero-order valence-electron chi connectivity index (χ0n) is 15.5. The molecule has 2 N–H and O–H groups in total. The van der Waals surface area contributed by atoms with Crippen molar-refractivity contribution in [3.05, 3.63) is 57.2 Å². The predicted molar refractivity (Wildman–Crippen MR) is 109 cm³/mol. The lowest BCUT2D eigenvalue weighted by Gasteiger charge is -2.34. The molecule has 1 aromatic carbocycles. The minimum absolute atomic E-state index is 0.102. The van der Waals surface area contributed by atoms with Gasteiger partial charge in [0.25, 0.3) is 5.91 Å². The van der Waals surface area contributed by atoms with Crippen LogP contribution in [0, 0.1) is 0 Å². The van der Waals surface area contributed by atoms with E-state index in [1.165, 1.54) is 16.2 Å². The molecule has 2 saturated heterocycles. The largest absolute Gasteiger partial charge is 0.374 e. The van der Waals surface area contributed by atoms with Crippen LogP contribution in [0.2, 0.25) is 5.02 Å². The van der Waals surface area contributed by atoms with E-state index in [1.807, 2.05) is 30.3 Å². The fraction of sp³-hybridized carbons (Fsp3) is 0.350. The lowest BCUT2D eigenvalue weighted by atomic mass is 10.1. The van der Waals surface area contributed by atoms with E-state index in [4.69, 9.17) is 16.3 Å². The Morgan fingerprint density at radius 2 is 2.07 bits per heavy atom. The van der Waals surface area contributed by atoms with E-state index in [-0.39, 0.29) is 30.4 Å². The van der Waals surface area contributed by atoms with Gasteiger partial charge in [0, 0.05) is 12.6 Å². The van der Waals surface area contributed by atoms with Crippen LogP contribution in [0.1, 0.15) is 21.7 Å². The molecule has 0 unspecified atom stereocenters. The van der Waals surface area contributed by atoms with Gasteiger partial charge in [-0.2, -0.15) is 0 Å². The highest BCUT2D eigenvalue weighted by molar-refractivity contribution is 7.12. The number of piperazine rings is 1. The molecule has 0 aliphatic carbocycles. The van der Waals surface area contributed by atoms with Crippen LogP contribution in [0.5, 0.6) is 0 Å². The van der Waals surface area contributed by atoms with Crippen molar-refractivity contribution in [1.29, 1.82) is 0 Å². The number of benzene rings is 1. The summed E-state index contributed by atoms with van der Waals surface area (Å²) in [6, 6.07) is 9.69. The third-order valence-electron chi connectivity index (χ3n) is 5.06. The Labute approximate surface area is 177 Å². The summed E-state index contributed by atoms with van der Waals surface area (Å²) in [5.74, 6) is -0.692. The first-order valence-electron chi connectivity index (χ1n) is 9.29. The van der Waals surface area contributed by atoms with E-state index in [0.29, 0.717) is 29.5 Å². The van der Waals surface area contributed by atoms with Crippen LogP contribution in [0.15, 0.2) is 41.8 Å². The molecule has 0 radical (unpaired) electrons. The molecule has 0 saturated carbocycles. The van der Waals surface area contributed by atoms with Crippen molar-refractivity contribution in [2.75, 3.05) is 13.2 Å². The maximum atomic E-state index is 12.8. The lowest BCUT2D eigenvalue weighted by Crippen LogP contribution is -2.62. The van der Waals surface area contributed by atoms with Crippen LogP contribution < -0.4 is 10.6 Å². The van der Waals surface area contributed by atoms with Crippen molar-refractivity contribution in [3.63, 3.8) is 0 Å². The maximum Gasteiger partial charge on any atom is 0.263 e. The third-order valence-corrected chi connectivity index (χ3v) is 6.40. The average molecular weight is 434 g/mol. The van der Waals surface area contributed by atoms with Crippen LogP contribution in [0.3, 0.4) is 0 Å². The van der Waals surface area contributed by atoms with Gasteiger partial charge < -0.3 is 20.3 Å². The number of nitrogens with one attached hydrogen (secondary N) is 2. The molecule has 3 heterocycles. The van der Waals surface area contributed by atoms with E-state index in [2.05, 4.69) is 10.6 Å². The molecular weight excluding hydrogens is 414 g/mol. The Balaban J connectivity index is 1.34. The smallest absolute Gasteiger partial charge is 0.263 e. The molecule has 3 atom stereocenters. The first-order chi connectivity index (χ1) is 14.0. The first-order valence-corrected chi connectivity index (χ1v) is 10.5. The number of nitrogens with zero attached hydrogens (tertiary/aromatic N) is 1. The number of rotatable bonds is 6. The minimum Gasteiger partial charge on any atom is -0.374 e. The van der Waals surface area contributed by atoms with Crippen molar-refractivity contribution >= 4 is 40.7 Å². The molecule has 9 heteroatoms. The summed E-state index contributed by atoms with van der Waals surface area (Å²) >= 11 is 7.26. The van der Waals surface area contributed by atoms with E-state index in [1.54, 1.807) is 11.4 Å². The second-order valence-electron chi connectivity index (χ2n) is 7.07. The normalized spacial score (nSPS) is 23.6. The highest BCUT2D eigenvalue weighted by Crippen LogP contribution is 2.25. The van der Waals surface area contributed by atoms with Gasteiger partial charge in [-0.1, -0.05) is 41.9 Å². The number of thiophene rings is 1. The SMILES string of the molecule is O=C(N[C@H]1C[C@H]2C(=O)N[C@@H](COCc3ccccc3)C(=O)N2C1)c1sccc1Cl. The molecule has 152 valence electrons. The van der Waals surface area contributed by atoms with Crippen LogP contribution in [0.25, 0.3) is 0 Å². The van der Waals surface area contributed by atoms with Crippen LogP contribution in [-0.4, -0.2) is 53.9 Å². The molecular formula is C20H20ClN3O4S. The summed E-state index contributed by atoms with van der Waals surface area (Å²) in [4.78, 5) is 39.6. The second-order valence-corrected chi connectivity index (χ2v) is 8.40. The van der Waals surface area contributed by atoms with Gasteiger partial charge in [-0.05, 0) is 23.4 Å². The Bertz CT molecular complexity index is 919. The number of carbonyl (C=O) groups is 3. The van der Waals surface area contributed by atoms with E-state index in [0.717, 1.165) is 5.56 Å². The quantitative estimate of drug-likeness (QED) is 0.727. The monoisotopic (exact) mass is 433 g/mol. The van der Waals surface area contributed by atoms with Crippen molar-refractivity contribution in [2.45, 2.75) is 31.2 Å². The number of carbonyl (C=O) groups excluding carboxylic acids is 3. The summed E-state index contributed by atoms with van der Waals surface area (Å²) in [6.07, 6.45) is 0.379. The number of halogens is 1. The van der Waals surface area contributed by atoms with E-state index < -0.39 is 12.1 Å². The minimum atomic E-state index is -0.719. The number of hydrogen-bond donors (Lipinski definition) is 2. The fourth-order valence-corrected chi connectivity index (χ4v) is 4.69. The highest BCUT2D eigenvalue weighted by Gasteiger charge is 2.46. The van der Waals surface area contributed by atoms with Gasteiger partial charge in [-0.3, -0.25) is 14.4 Å². The fourth-order valence-electron chi connectivity index (χ4n) is 3.65. The number of amides is 3. The average Bonchev–Trinajstić information content (AvgIpc) is 3.33.